The van der Waals surface area contributed by atoms with E-state index in [1.165, 1.54) is 225 Å². The largest absolute Gasteiger partial charge is 0.462 e. The molecule has 0 aliphatic carbocycles. The predicted molar refractivity (Wildman–Crippen MR) is 344 cm³/mol. The van der Waals surface area contributed by atoms with Gasteiger partial charge in [0, 0.05) is 19.3 Å². The Balaban J connectivity index is 4.28. The van der Waals surface area contributed by atoms with Crippen LogP contribution in [0.25, 0.3) is 0 Å². The second-order valence-corrected chi connectivity index (χ2v) is 23.1. The van der Waals surface area contributed by atoms with Crippen LogP contribution < -0.4 is 0 Å². The molecule has 0 bridgehead atoms. The molecule has 1 atom stereocenters. The van der Waals surface area contributed by atoms with E-state index < -0.39 is 6.10 Å². The zero-order valence-corrected chi connectivity index (χ0v) is 52.6. The molecule has 0 aromatic carbocycles. The summed E-state index contributed by atoms with van der Waals surface area (Å²) >= 11 is 0. The molecule has 0 aliphatic heterocycles. The van der Waals surface area contributed by atoms with Crippen molar-refractivity contribution in [3.8, 4) is 0 Å². The number of esters is 3. The highest BCUT2D eigenvalue weighted by molar-refractivity contribution is 5.71. The predicted octanol–water partition coefficient (Wildman–Crippen LogP) is 23.7. The molecule has 458 valence electrons. The maximum absolute atomic E-state index is 12.9. The highest BCUT2D eigenvalue weighted by Crippen LogP contribution is 2.17. The van der Waals surface area contributed by atoms with Crippen molar-refractivity contribution < 1.29 is 28.6 Å². The van der Waals surface area contributed by atoms with E-state index in [0.29, 0.717) is 19.3 Å². The van der Waals surface area contributed by atoms with E-state index in [4.69, 9.17) is 14.2 Å². The van der Waals surface area contributed by atoms with E-state index in [9.17, 15) is 14.4 Å². The summed E-state index contributed by atoms with van der Waals surface area (Å²) in [4.78, 5) is 38.4. The molecule has 0 fully saturated rings. The first-order valence-electron chi connectivity index (χ1n) is 34.4. The molecule has 0 amide bonds. The summed E-state index contributed by atoms with van der Waals surface area (Å²) in [6, 6.07) is 0. The lowest BCUT2D eigenvalue weighted by Crippen LogP contribution is -2.30. The molecule has 0 rings (SSSR count). The van der Waals surface area contributed by atoms with E-state index in [1.807, 2.05) is 0 Å². The van der Waals surface area contributed by atoms with Gasteiger partial charge in [-0.25, -0.2) is 0 Å². The molecule has 1 unspecified atom stereocenters. The summed E-state index contributed by atoms with van der Waals surface area (Å²) in [7, 11) is 0. The lowest BCUT2D eigenvalue weighted by Gasteiger charge is -2.18. The van der Waals surface area contributed by atoms with Gasteiger partial charge in [0.25, 0.3) is 0 Å². The lowest BCUT2D eigenvalue weighted by atomic mass is 10.0. The average molecular weight is 1100 g/mol. The van der Waals surface area contributed by atoms with Crippen LogP contribution in [0.4, 0.5) is 0 Å². The minimum atomic E-state index is -0.777. The topological polar surface area (TPSA) is 78.9 Å². The van der Waals surface area contributed by atoms with Crippen molar-refractivity contribution in [1.82, 2.24) is 0 Å². The van der Waals surface area contributed by atoms with Crippen LogP contribution in [0.15, 0.2) is 72.9 Å². The van der Waals surface area contributed by atoms with Crippen LogP contribution in [0.3, 0.4) is 0 Å². The summed E-state index contributed by atoms with van der Waals surface area (Å²) < 4.78 is 17.0. The highest BCUT2D eigenvalue weighted by Gasteiger charge is 2.19. The Bertz CT molecular complexity index is 1450. The Morgan fingerprint density at radius 2 is 0.494 bits per heavy atom. The molecule has 79 heavy (non-hydrogen) atoms. The first-order valence-corrected chi connectivity index (χ1v) is 34.4. The van der Waals surface area contributed by atoms with Crippen molar-refractivity contribution in [2.75, 3.05) is 13.2 Å². The molecule has 6 nitrogen and oxygen atoms in total. The van der Waals surface area contributed by atoms with Crippen LogP contribution in [0.2, 0.25) is 0 Å². The van der Waals surface area contributed by atoms with Gasteiger partial charge in [0.1, 0.15) is 13.2 Å². The summed E-state index contributed by atoms with van der Waals surface area (Å²) in [6.45, 7) is 6.56. The van der Waals surface area contributed by atoms with Gasteiger partial charge in [-0.3, -0.25) is 14.4 Å². The fraction of sp³-hybridized carbons (Fsp3) is 0.795. The highest BCUT2D eigenvalue weighted by atomic mass is 16.6. The maximum Gasteiger partial charge on any atom is 0.306 e. The van der Waals surface area contributed by atoms with Gasteiger partial charge in [0.05, 0.1) is 0 Å². The van der Waals surface area contributed by atoms with Crippen LogP contribution in [0, 0.1) is 0 Å². The Morgan fingerprint density at radius 1 is 0.266 bits per heavy atom. The number of ether oxygens (including phenoxy) is 3. The third kappa shape index (κ3) is 65.5. The minimum Gasteiger partial charge on any atom is -0.462 e. The first-order chi connectivity index (χ1) is 39.0. The quantitative estimate of drug-likeness (QED) is 0.0261. The van der Waals surface area contributed by atoms with Crippen LogP contribution in [-0.4, -0.2) is 37.2 Å². The van der Waals surface area contributed by atoms with E-state index in [2.05, 4.69) is 93.7 Å². The Hall–Kier alpha value is -3.15. The molecule has 0 aromatic rings. The van der Waals surface area contributed by atoms with Gasteiger partial charge < -0.3 is 14.2 Å². The van der Waals surface area contributed by atoms with Crippen LogP contribution in [-0.2, 0) is 28.6 Å². The minimum absolute atomic E-state index is 0.0730. The number of carbonyl (C=O) groups excluding carboxylic acids is 3. The zero-order valence-electron chi connectivity index (χ0n) is 52.6. The summed E-state index contributed by atoms with van der Waals surface area (Å²) in [6.07, 6.45) is 87.7. The van der Waals surface area contributed by atoms with Crippen molar-refractivity contribution in [3.63, 3.8) is 0 Å². The number of rotatable bonds is 63. The summed E-state index contributed by atoms with van der Waals surface area (Å²) in [5.41, 5.74) is 0. The maximum atomic E-state index is 12.9. The Labute approximate surface area is 491 Å². The molecule has 0 aromatic heterocycles. The van der Waals surface area contributed by atoms with Crippen LogP contribution >= 0.6 is 0 Å². The van der Waals surface area contributed by atoms with E-state index in [0.717, 1.165) is 89.9 Å². The molecule has 6 heteroatoms. The number of hydrogen-bond acceptors (Lipinski definition) is 6. The monoisotopic (exact) mass is 1100 g/mol. The van der Waals surface area contributed by atoms with Gasteiger partial charge in [-0.1, -0.05) is 318 Å². The second-order valence-electron chi connectivity index (χ2n) is 23.1. The van der Waals surface area contributed by atoms with Crippen molar-refractivity contribution in [3.05, 3.63) is 72.9 Å². The molecule has 0 saturated carbocycles. The SMILES string of the molecule is CC/C=C\C/C=C\C/C=C\C/C=C\CCCCCCCCCCCCC(=O)OC(COC(=O)CCCCCCCCCCCCCCC)COC(=O)CCCCCCCCCCCCCCC/C=C\C/C=C\CCCCCCC. The third-order valence-electron chi connectivity index (χ3n) is 15.2. The number of unbranched alkanes of at least 4 members (excludes halogenated alkanes) is 40. The van der Waals surface area contributed by atoms with Gasteiger partial charge in [0.2, 0.25) is 0 Å². The molecule has 0 spiro atoms. The fourth-order valence-electron chi connectivity index (χ4n) is 10.1. The number of hydrogen-bond donors (Lipinski definition) is 0. The molecule has 0 aliphatic rings. The fourth-order valence-corrected chi connectivity index (χ4v) is 10.1. The number of carbonyl (C=O) groups is 3. The second kappa shape index (κ2) is 67.4. The van der Waals surface area contributed by atoms with Crippen molar-refractivity contribution in [1.29, 1.82) is 0 Å². The van der Waals surface area contributed by atoms with Crippen LogP contribution in [0.5, 0.6) is 0 Å². The molecular weight excluding hydrogens is 973 g/mol. The Morgan fingerprint density at radius 3 is 0.772 bits per heavy atom. The molecule has 0 radical (unpaired) electrons. The van der Waals surface area contributed by atoms with Crippen molar-refractivity contribution in [2.45, 2.75) is 361 Å². The van der Waals surface area contributed by atoms with Gasteiger partial charge >= 0.3 is 17.9 Å². The van der Waals surface area contributed by atoms with E-state index >= 15 is 0 Å². The molecule has 0 N–H and O–H groups in total. The van der Waals surface area contributed by atoms with Crippen molar-refractivity contribution >= 4 is 17.9 Å². The number of allylic oxidation sites excluding steroid dienone is 12. The van der Waals surface area contributed by atoms with E-state index in [1.54, 1.807) is 0 Å². The van der Waals surface area contributed by atoms with Gasteiger partial charge in [-0.2, -0.15) is 0 Å². The lowest BCUT2D eigenvalue weighted by molar-refractivity contribution is -0.167. The van der Waals surface area contributed by atoms with Gasteiger partial charge in [-0.05, 0) is 89.9 Å². The standard InChI is InChI=1S/C73H130O6/c1-4-7-10-13-16-19-22-25-27-29-31-33-35-36-38-39-41-43-45-48-51-54-57-60-63-66-72(75)78-69-70(68-77-71(74)65-62-59-56-53-50-47-24-21-18-15-12-9-6-3)79-73(76)67-64-61-58-55-52-49-46-44-42-40-37-34-32-30-28-26-23-20-17-14-11-8-5-2/h8,11,17,20,22,25-26,28-29,31-32,34,70H,4-7,9-10,12-16,18-19,21,23-24,27,30,33,35-69H2,1-3H3/b11-8-,20-17-,25-22-,28-26-,31-29-,34-32-. The van der Waals surface area contributed by atoms with Crippen LogP contribution in [0.1, 0.15) is 355 Å². The molecule has 0 saturated heterocycles. The Kier molecular flexibility index (Phi) is 64.7. The van der Waals surface area contributed by atoms with Crippen molar-refractivity contribution in [2.24, 2.45) is 0 Å². The first kappa shape index (κ1) is 75.8. The smallest absolute Gasteiger partial charge is 0.306 e. The van der Waals surface area contributed by atoms with E-state index in [-0.39, 0.29) is 31.1 Å². The normalized spacial score (nSPS) is 12.5. The zero-order chi connectivity index (χ0) is 57.1. The van der Waals surface area contributed by atoms with Gasteiger partial charge in [0.15, 0.2) is 6.10 Å². The third-order valence-corrected chi connectivity index (χ3v) is 15.2. The average Bonchev–Trinajstić information content (AvgIpc) is 3.45. The molecule has 0 heterocycles. The van der Waals surface area contributed by atoms with Gasteiger partial charge in [-0.15, -0.1) is 0 Å². The summed E-state index contributed by atoms with van der Waals surface area (Å²) in [5, 5.41) is 0. The molecular formula is C73H130O6. The summed E-state index contributed by atoms with van der Waals surface area (Å²) in [5.74, 6) is -0.858.